The van der Waals surface area contributed by atoms with Crippen molar-refractivity contribution in [3.8, 4) is 5.40 Å². The van der Waals surface area contributed by atoms with Crippen LogP contribution in [0.15, 0.2) is 30.3 Å². The molecule has 1 rings (SSSR count). The molecule has 0 aliphatic carbocycles. The molecule has 0 aliphatic heterocycles. The Morgan fingerprint density at radius 2 is 1.79 bits per heavy atom. The number of nitrogens with zero attached hydrogens (tertiary/aromatic N) is 1. The van der Waals surface area contributed by atoms with Crippen LogP contribution in [0, 0.1) is 10.7 Å². The molecular formula is C9H6F3NS. The zero-order valence-corrected chi connectivity index (χ0v) is 7.77. The number of nitriles is 1. The van der Waals surface area contributed by atoms with Crippen molar-refractivity contribution >= 4 is 11.8 Å². The van der Waals surface area contributed by atoms with Crippen LogP contribution in [0.25, 0.3) is 0 Å². The lowest BCUT2D eigenvalue weighted by atomic mass is 10.1. The molecule has 5 heteroatoms. The maximum absolute atomic E-state index is 12.4. The van der Waals surface area contributed by atoms with E-state index in [-0.39, 0.29) is 17.3 Å². The van der Waals surface area contributed by atoms with Gasteiger partial charge in [-0.15, -0.1) is 0 Å². The summed E-state index contributed by atoms with van der Waals surface area (Å²) in [4.78, 5) is 0. The third-order valence-corrected chi connectivity index (χ3v) is 2.45. The van der Waals surface area contributed by atoms with Gasteiger partial charge in [0.25, 0.3) is 0 Å². The van der Waals surface area contributed by atoms with Crippen LogP contribution in [-0.2, 0) is 0 Å². The normalized spacial score (nSPS) is 13.3. The summed E-state index contributed by atoms with van der Waals surface area (Å²) in [6.07, 6.45) is -4.39. The minimum absolute atomic E-state index is 0.103. The quantitative estimate of drug-likeness (QED) is 0.708. The average Bonchev–Trinajstić information content (AvgIpc) is 2.14. The second-order valence-corrected chi connectivity index (χ2v) is 3.43. The monoisotopic (exact) mass is 217 g/mol. The third-order valence-electron chi connectivity index (χ3n) is 1.57. The Labute approximate surface area is 83.5 Å². The fourth-order valence-corrected chi connectivity index (χ4v) is 1.54. The fraction of sp³-hybridized carbons (Fsp3) is 0.222. The highest BCUT2D eigenvalue weighted by molar-refractivity contribution is 8.04. The van der Waals surface area contributed by atoms with Crippen molar-refractivity contribution < 1.29 is 13.2 Å². The van der Waals surface area contributed by atoms with E-state index < -0.39 is 11.4 Å². The molecule has 0 fully saturated rings. The van der Waals surface area contributed by atoms with E-state index in [1.165, 1.54) is 29.7 Å². The number of hydrogen-bond acceptors (Lipinski definition) is 2. The summed E-state index contributed by atoms with van der Waals surface area (Å²) in [5.41, 5.74) is 0.103. The van der Waals surface area contributed by atoms with Crippen LogP contribution in [0.5, 0.6) is 0 Å². The van der Waals surface area contributed by atoms with E-state index in [0.29, 0.717) is 0 Å². The molecule has 0 N–H and O–H groups in total. The maximum Gasteiger partial charge on any atom is 0.405 e. The number of thiocyanates is 1. The van der Waals surface area contributed by atoms with E-state index in [9.17, 15) is 13.2 Å². The topological polar surface area (TPSA) is 23.8 Å². The first-order valence-electron chi connectivity index (χ1n) is 3.72. The maximum atomic E-state index is 12.4. The van der Waals surface area contributed by atoms with E-state index in [4.69, 9.17) is 5.26 Å². The number of alkyl halides is 3. The standard InChI is InChI=1S/C9H6F3NS/c10-9(11,12)8(14-6-13)7-4-2-1-3-5-7/h1-5,8H. The van der Waals surface area contributed by atoms with Gasteiger partial charge in [-0.3, -0.25) is 0 Å². The first-order valence-corrected chi connectivity index (χ1v) is 4.60. The fourth-order valence-electron chi connectivity index (χ4n) is 1.00. The number of hydrogen-bond donors (Lipinski definition) is 0. The summed E-state index contributed by atoms with van der Waals surface area (Å²) in [6, 6.07) is 7.40. The molecule has 1 atom stereocenters. The minimum Gasteiger partial charge on any atom is -0.185 e. The number of thioether (sulfide) groups is 1. The lowest BCUT2D eigenvalue weighted by Gasteiger charge is -2.16. The van der Waals surface area contributed by atoms with Crippen molar-refractivity contribution in [3.63, 3.8) is 0 Å². The van der Waals surface area contributed by atoms with Crippen LogP contribution < -0.4 is 0 Å². The highest BCUT2D eigenvalue weighted by Gasteiger charge is 2.41. The molecular weight excluding hydrogens is 211 g/mol. The van der Waals surface area contributed by atoms with Crippen molar-refractivity contribution in [3.05, 3.63) is 35.9 Å². The third kappa shape index (κ3) is 2.67. The molecule has 14 heavy (non-hydrogen) atoms. The zero-order valence-electron chi connectivity index (χ0n) is 6.95. The molecule has 0 amide bonds. The van der Waals surface area contributed by atoms with E-state index in [1.807, 2.05) is 0 Å². The molecule has 0 spiro atoms. The molecule has 0 saturated carbocycles. The minimum atomic E-state index is -4.39. The largest absolute Gasteiger partial charge is 0.405 e. The Balaban J connectivity index is 2.96. The van der Waals surface area contributed by atoms with Crippen molar-refractivity contribution in [2.24, 2.45) is 0 Å². The van der Waals surface area contributed by atoms with Crippen LogP contribution in [0.3, 0.4) is 0 Å². The summed E-state index contributed by atoms with van der Waals surface area (Å²) in [5.74, 6) is 0. The predicted molar refractivity (Wildman–Crippen MR) is 48.4 cm³/mol. The summed E-state index contributed by atoms with van der Waals surface area (Å²) in [6.45, 7) is 0. The van der Waals surface area contributed by atoms with Gasteiger partial charge in [-0.05, 0) is 17.3 Å². The van der Waals surface area contributed by atoms with Crippen molar-refractivity contribution in [2.45, 2.75) is 11.4 Å². The van der Waals surface area contributed by atoms with Crippen LogP contribution in [0.4, 0.5) is 13.2 Å². The highest BCUT2D eigenvalue weighted by Crippen LogP contribution is 2.42. The Morgan fingerprint density at radius 3 is 2.21 bits per heavy atom. The second-order valence-electron chi connectivity index (χ2n) is 2.54. The molecule has 0 aliphatic rings. The van der Waals surface area contributed by atoms with Gasteiger partial charge in [0.05, 0.1) is 0 Å². The number of halogens is 3. The van der Waals surface area contributed by atoms with Crippen molar-refractivity contribution in [1.82, 2.24) is 0 Å². The van der Waals surface area contributed by atoms with Gasteiger partial charge < -0.3 is 0 Å². The zero-order chi connectivity index (χ0) is 10.6. The molecule has 0 radical (unpaired) electrons. The Kier molecular flexibility index (Phi) is 3.42. The molecule has 1 aromatic rings. The van der Waals surface area contributed by atoms with Gasteiger partial charge in [0.2, 0.25) is 0 Å². The van der Waals surface area contributed by atoms with Gasteiger partial charge in [0, 0.05) is 0 Å². The molecule has 0 bridgehead atoms. The van der Waals surface area contributed by atoms with E-state index in [1.54, 1.807) is 6.07 Å². The smallest absolute Gasteiger partial charge is 0.185 e. The van der Waals surface area contributed by atoms with Gasteiger partial charge in [0.1, 0.15) is 10.7 Å². The van der Waals surface area contributed by atoms with Crippen molar-refractivity contribution in [2.75, 3.05) is 0 Å². The molecule has 0 heterocycles. The van der Waals surface area contributed by atoms with Crippen LogP contribution in [-0.4, -0.2) is 6.18 Å². The van der Waals surface area contributed by atoms with Gasteiger partial charge in [-0.2, -0.15) is 18.4 Å². The molecule has 1 nitrogen and oxygen atoms in total. The molecule has 0 saturated heterocycles. The van der Waals surface area contributed by atoms with Gasteiger partial charge in [-0.1, -0.05) is 30.3 Å². The lowest BCUT2D eigenvalue weighted by molar-refractivity contribution is -0.129. The van der Waals surface area contributed by atoms with Gasteiger partial charge in [-0.25, -0.2) is 0 Å². The van der Waals surface area contributed by atoms with Crippen LogP contribution in [0.1, 0.15) is 10.8 Å². The summed E-state index contributed by atoms with van der Waals surface area (Å²) < 4.78 is 37.3. The summed E-state index contributed by atoms with van der Waals surface area (Å²) in [5, 5.41) is 7.99. The lowest BCUT2D eigenvalue weighted by Crippen LogP contribution is -2.17. The highest BCUT2D eigenvalue weighted by atomic mass is 32.2. The van der Waals surface area contributed by atoms with Crippen LogP contribution in [0.2, 0.25) is 0 Å². The summed E-state index contributed by atoms with van der Waals surface area (Å²) >= 11 is 0.217. The Morgan fingerprint density at radius 1 is 1.21 bits per heavy atom. The molecule has 1 unspecified atom stereocenters. The first kappa shape index (κ1) is 10.9. The molecule has 0 aromatic heterocycles. The Bertz CT molecular complexity index is 328. The van der Waals surface area contributed by atoms with E-state index in [2.05, 4.69) is 0 Å². The van der Waals surface area contributed by atoms with E-state index >= 15 is 0 Å². The van der Waals surface area contributed by atoms with Gasteiger partial charge >= 0.3 is 6.18 Å². The summed E-state index contributed by atoms with van der Waals surface area (Å²) in [7, 11) is 0. The SMILES string of the molecule is N#CSC(c1ccccc1)C(F)(F)F. The molecule has 1 aromatic carbocycles. The first-order chi connectivity index (χ1) is 6.55. The van der Waals surface area contributed by atoms with Crippen LogP contribution >= 0.6 is 11.8 Å². The number of rotatable bonds is 2. The average molecular weight is 217 g/mol. The number of benzene rings is 1. The molecule has 74 valence electrons. The second kappa shape index (κ2) is 4.38. The van der Waals surface area contributed by atoms with Gasteiger partial charge in [0.15, 0.2) is 0 Å². The van der Waals surface area contributed by atoms with Crippen molar-refractivity contribution in [1.29, 1.82) is 5.26 Å². The Hall–Kier alpha value is -1.15. The van der Waals surface area contributed by atoms with E-state index in [0.717, 1.165) is 0 Å². The predicted octanol–water partition coefficient (Wildman–Crippen LogP) is 3.50.